The third-order valence-corrected chi connectivity index (χ3v) is 6.08. The molecule has 0 aliphatic heterocycles. The molecule has 0 spiro atoms. The number of nitrogens with one attached hydrogen (secondary N) is 2. The highest BCUT2D eigenvalue weighted by atomic mass is 16.5. The van der Waals surface area contributed by atoms with E-state index in [0.29, 0.717) is 18.6 Å². The number of aromatic nitrogens is 4. The Hall–Kier alpha value is -4.47. The number of nitrogens with zero attached hydrogens (tertiary/aromatic N) is 3. The maximum atomic E-state index is 13.1. The molecule has 0 bridgehead atoms. The third-order valence-electron chi connectivity index (χ3n) is 6.08. The largest absolute Gasteiger partial charge is 0.494 e. The summed E-state index contributed by atoms with van der Waals surface area (Å²) in [5, 5.41) is 2.88. The zero-order chi connectivity index (χ0) is 26.5. The summed E-state index contributed by atoms with van der Waals surface area (Å²) in [7, 11) is 0. The van der Waals surface area contributed by atoms with Gasteiger partial charge in [0, 0.05) is 11.6 Å². The zero-order valence-electron chi connectivity index (χ0n) is 21.1. The summed E-state index contributed by atoms with van der Waals surface area (Å²) in [6.45, 7) is 6.46. The molecule has 10 heteroatoms. The lowest BCUT2D eigenvalue weighted by atomic mass is 9.99. The second-order valence-electron chi connectivity index (χ2n) is 8.57. The van der Waals surface area contributed by atoms with Gasteiger partial charge >= 0.3 is 11.7 Å². The molecule has 37 heavy (non-hydrogen) atoms. The topological polar surface area (TPSA) is 145 Å². The average Bonchev–Trinajstić information content (AvgIpc) is 3.24. The quantitative estimate of drug-likeness (QED) is 0.314. The number of fused-ring (bicyclic) bond motifs is 1. The van der Waals surface area contributed by atoms with E-state index in [0.717, 1.165) is 34.3 Å². The van der Waals surface area contributed by atoms with Crippen molar-refractivity contribution in [2.24, 2.45) is 5.73 Å². The van der Waals surface area contributed by atoms with Crippen LogP contribution in [0.4, 0.5) is 4.79 Å². The Morgan fingerprint density at radius 2 is 1.76 bits per heavy atom. The SMILES string of the molecule is CCCC(CC)NC(=O)n1c(=O)[nH]c2c(C(N)=O)nc(-c3ccccc3-c3ccc(OCC)cc3)nc21. The Bertz CT molecular complexity index is 1490. The van der Waals surface area contributed by atoms with Crippen LogP contribution < -0.4 is 21.5 Å². The van der Waals surface area contributed by atoms with Crippen LogP contribution in [0.5, 0.6) is 5.75 Å². The fraction of sp³-hybridized carbons (Fsp3) is 0.296. The van der Waals surface area contributed by atoms with Crippen molar-refractivity contribution in [1.82, 2.24) is 24.8 Å². The van der Waals surface area contributed by atoms with Gasteiger partial charge in [-0.05, 0) is 43.0 Å². The van der Waals surface area contributed by atoms with Crippen LogP contribution in [-0.2, 0) is 0 Å². The lowest BCUT2D eigenvalue weighted by molar-refractivity contribution is 0.0997. The standard InChI is InChI=1S/C27H30N6O4/c1-4-9-17(5-2)29-26(35)33-25-22(31-27(33)36)21(23(28)34)30-24(32-25)20-11-8-7-10-19(20)16-12-14-18(15-13-16)37-6-3/h7-8,10-15,17H,4-6,9H2,1-3H3,(H2,28,34)(H,29,35)(H,31,36). The Kier molecular flexibility index (Phi) is 7.66. The third kappa shape index (κ3) is 5.23. The summed E-state index contributed by atoms with van der Waals surface area (Å²) in [6, 6.07) is 14.2. The Morgan fingerprint density at radius 1 is 1.05 bits per heavy atom. The summed E-state index contributed by atoms with van der Waals surface area (Å²) in [5.74, 6) is 0.0542. The van der Waals surface area contributed by atoms with E-state index in [2.05, 4.69) is 20.3 Å². The maximum absolute atomic E-state index is 13.1. The number of carbonyl (C=O) groups excluding carboxylic acids is 2. The van der Waals surface area contributed by atoms with Gasteiger partial charge < -0.3 is 20.8 Å². The molecular formula is C27H30N6O4. The summed E-state index contributed by atoms with van der Waals surface area (Å²) < 4.78 is 6.43. The summed E-state index contributed by atoms with van der Waals surface area (Å²) >= 11 is 0. The lowest BCUT2D eigenvalue weighted by Gasteiger charge is -2.16. The molecule has 0 radical (unpaired) electrons. The first-order valence-corrected chi connectivity index (χ1v) is 12.3. The molecule has 192 valence electrons. The molecule has 4 rings (SSSR count). The molecule has 1 unspecified atom stereocenters. The van der Waals surface area contributed by atoms with Gasteiger partial charge in [-0.15, -0.1) is 0 Å². The van der Waals surface area contributed by atoms with Crippen molar-refractivity contribution in [3.05, 3.63) is 64.7 Å². The number of nitrogens with two attached hydrogens (primary N) is 1. The molecule has 4 aromatic rings. The number of imidazole rings is 1. The lowest BCUT2D eigenvalue weighted by Crippen LogP contribution is -2.41. The van der Waals surface area contributed by atoms with Crippen LogP contribution in [0, 0.1) is 0 Å². The smallest absolute Gasteiger partial charge is 0.336 e. The fourth-order valence-corrected chi connectivity index (χ4v) is 4.27. The van der Waals surface area contributed by atoms with Crippen LogP contribution in [0.3, 0.4) is 0 Å². The first-order chi connectivity index (χ1) is 17.9. The first kappa shape index (κ1) is 25.6. The maximum Gasteiger partial charge on any atom is 0.336 e. The van der Waals surface area contributed by atoms with E-state index in [-0.39, 0.29) is 28.7 Å². The number of hydrogen-bond donors (Lipinski definition) is 3. The number of aromatic amines is 1. The van der Waals surface area contributed by atoms with Gasteiger partial charge in [0.15, 0.2) is 17.2 Å². The molecule has 0 aliphatic carbocycles. The minimum atomic E-state index is -0.849. The van der Waals surface area contributed by atoms with Crippen LogP contribution >= 0.6 is 0 Å². The molecule has 0 fully saturated rings. The molecule has 2 aromatic carbocycles. The van der Waals surface area contributed by atoms with E-state index in [1.165, 1.54) is 0 Å². The van der Waals surface area contributed by atoms with Crippen molar-refractivity contribution in [2.75, 3.05) is 6.61 Å². The predicted molar refractivity (Wildman–Crippen MR) is 142 cm³/mol. The molecule has 2 aromatic heterocycles. The van der Waals surface area contributed by atoms with Gasteiger partial charge in [-0.25, -0.2) is 19.6 Å². The van der Waals surface area contributed by atoms with Crippen molar-refractivity contribution < 1.29 is 14.3 Å². The van der Waals surface area contributed by atoms with Gasteiger partial charge in [0.1, 0.15) is 11.3 Å². The highest BCUT2D eigenvalue weighted by Crippen LogP contribution is 2.32. The molecule has 10 nitrogen and oxygen atoms in total. The second kappa shape index (κ2) is 11.1. The van der Waals surface area contributed by atoms with Crippen molar-refractivity contribution in [3.63, 3.8) is 0 Å². The van der Waals surface area contributed by atoms with E-state index >= 15 is 0 Å². The summed E-state index contributed by atoms with van der Waals surface area (Å²) in [6.07, 6.45) is 2.35. The number of benzene rings is 2. The molecule has 0 aliphatic rings. The number of amides is 2. The number of rotatable bonds is 9. The highest BCUT2D eigenvalue weighted by molar-refractivity contribution is 6.03. The van der Waals surface area contributed by atoms with Crippen LogP contribution in [0.2, 0.25) is 0 Å². The van der Waals surface area contributed by atoms with Crippen LogP contribution in [-0.4, -0.2) is 44.1 Å². The second-order valence-corrected chi connectivity index (χ2v) is 8.57. The Balaban J connectivity index is 1.87. The Morgan fingerprint density at radius 3 is 2.38 bits per heavy atom. The molecule has 4 N–H and O–H groups in total. The molecule has 0 saturated heterocycles. The molecule has 1 atom stereocenters. The van der Waals surface area contributed by atoms with Gasteiger partial charge in [0.05, 0.1) is 6.61 Å². The number of H-pyrrole nitrogens is 1. The Labute approximate surface area is 213 Å². The van der Waals surface area contributed by atoms with Crippen molar-refractivity contribution in [3.8, 4) is 28.3 Å². The first-order valence-electron chi connectivity index (χ1n) is 12.3. The molecule has 2 amide bonds. The van der Waals surface area contributed by atoms with E-state index < -0.39 is 17.6 Å². The number of ether oxygens (including phenoxy) is 1. The van der Waals surface area contributed by atoms with Gasteiger partial charge in [0.2, 0.25) is 0 Å². The van der Waals surface area contributed by atoms with Crippen molar-refractivity contribution in [1.29, 1.82) is 0 Å². The van der Waals surface area contributed by atoms with E-state index in [4.69, 9.17) is 10.5 Å². The van der Waals surface area contributed by atoms with E-state index in [1.54, 1.807) is 6.07 Å². The van der Waals surface area contributed by atoms with Crippen molar-refractivity contribution >= 4 is 23.1 Å². The van der Waals surface area contributed by atoms with Gasteiger partial charge in [-0.1, -0.05) is 56.7 Å². The summed E-state index contributed by atoms with van der Waals surface area (Å²) in [5.41, 5.74) is 6.99. The van der Waals surface area contributed by atoms with E-state index in [9.17, 15) is 14.4 Å². The van der Waals surface area contributed by atoms with Gasteiger partial charge in [-0.2, -0.15) is 4.57 Å². The zero-order valence-corrected chi connectivity index (χ0v) is 21.1. The number of primary amides is 1. The predicted octanol–water partition coefficient (Wildman–Crippen LogP) is 4.09. The van der Waals surface area contributed by atoms with Gasteiger partial charge in [0.25, 0.3) is 5.91 Å². The van der Waals surface area contributed by atoms with Gasteiger partial charge in [-0.3, -0.25) is 4.79 Å². The average molecular weight is 503 g/mol. The minimum Gasteiger partial charge on any atom is -0.494 e. The van der Waals surface area contributed by atoms with E-state index in [1.807, 2.05) is 63.2 Å². The number of carbonyl (C=O) groups is 2. The van der Waals surface area contributed by atoms with Crippen LogP contribution in [0.25, 0.3) is 33.7 Å². The molecule has 0 saturated carbocycles. The fourth-order valence-electron chi connectivity index (χ4n) is 4.27. The summed E-state index contributed by atoms with van der Waals surface area (Å²) in [4.78, 5) is 49.8. The van der Waals surface area contributed by atoms with Crippen LogP contribution in [0.1, 0.15) is 50.5 Å². The minimum absolute atomic E-state index is 0.0125. The van der Waals surface area contributed by atoms with Crippen LogP contribution in [0.15, 0.2) is 53.3 Å². The monoisotopic (exact) mass is 502 g/mol. The number of hydrogen-bond acceptors (Lipinski definition) is 6. The molecule has 2 heterocycles. The highest BCUT2D eigenvalue weighted by Gasteiger charge is 2.24. The van der Waals surface area contributed by atoms with Crippen molar-refractivity contribution in [2.45, 2.75) is 46.1 Å². The molecular weight excluding hydrogens is 472 g/mol. The normalized spacial score (nSPS) is 11.9.